The number of likely N-dealkylation sites (tertiary alicyclic amines) is 1. The summed E-state index contributed by atoms with van der Waals surface area (Å²) in [4.78, 5) is 21.9. The summed E-state index contributed by atoms with van der Waals surface area (Å²) in [6.45, 7) is 2.83. The number of carbonyl (C=O) groups is 1. The zero-order chi connectivity index (χ0) is 19.8. The number of hydrogen-bond donors (Lipinski definition) is 3. The van der Waals surface area contributed by atoms with E-state index in [0.29, 0.717) is 11.5 Å². The predicted molar refractivity (Wildman–Crippen MR) is 133 cm³/mol. The number of halogens is 5. The molecule has 1 atom stereocenters. The molecule has 0 saturated carbocycles. The maximum atomic E-state index is 13.3. The van der Waals surface area contributed by atoms with Gasteiger partial charge in [0.2, 0.25) is 0 Å². The van der Waals surface area contributed by atoms with Crippen LogP contribution in [0.25, 0.3) is 6.08 Å². The second-order valence-electron chi connectivity index (χ2n) is 6.80. The van der Waals surface area contributed by atoms with Crippen LogP contribution in [0.3, 0.4) is 0 Å². The van der Waals surface area contributed by atoms with E-state index in [-0.39, 0.29) is 61.5 Å². The highest BCUT2D eigenvalue weighted by Crippen LogP contribution is 2.15. The van der Waals surface area contributed by atoms with Crippen molar-refractivity contribution in [1.82, 2.24) is 20.3 Å². The molecular formula is C20H28Cl4FN5O2. The lowest BCUT2D eigenvalue weighted by atomic mass is 10.0. The standard InChI is InChI=1S/C20H24FN5O2.4ClH/c21-16-4-1-3-15(11-16)8-10-26-9-2-5-18(14-26)24-19-13-22-17(12-23-19)6-7-20(27)25-28;;;;/h1,3-4,6-7,11-13,18,28H,2,5,8-10,14H2,(H,23,24)(H,25,27);4*1H/t18-;;;;/m1..../s1. The van der Waals surface area contributed by atoms with E-state index in [1.165, 1.54) is 23.7 Å². The van der Waals surface area contributed by atoms with E-state index in [1.807, 2.05) is 6.07 Å². The van der Waals surface area contributed by atoms with Gasteiger partial charge in [-0.05, 0) is 49.6 Å². The summed E-state index contributed by atoms with van der Waals surface area (Å²) in [5.74, 6) is -0.130. The average Bonchev–Trinajstić information content (AvgIpc) is 2.72. The second kappa shape index (κ2) is 16.9. The molecule has 0 unspecified atom stereocenters. The fourth-order valence-corrected chi connectivity index (χ4v) is 3.26. The Bertz CT molecular complexity index is 830. The molecule has 1 aromatic heterocycles. The van der Waals surface area contributed by atoms with Crippen LogP contribution in [0.5, 0.6) is 0 Å². The highest BCUT2D eigenvalue weighted by molar-refractivity contribution is 5.90. The molecule has 1 saturated heterocycles. The summed E-state index contributed by atoms with van der Waals surface area (Å²) in [5.41, 5.74) is 3.05. The summed E-state index contributed by atoms with van der Waals surface area (Å²) in [7, 11) is 0. The van der Waals surface area contributed by atoms with Gasteiger partial charge in [0, 0.05) is 25.2 Å². The van der Waals surface area contributed by atoms with Gasteiger partial charge in [-0.1, -0.05) is 12.1 Å². The number of nitrogens with zero attached hydrogens (tertiary/aromatic N) is 3. The van der Waals surface area contributed by atoms with Crippen LogP contribution < -0.4 is 10.8 Å². The van der Waals surface area contributed by atoms with Crippen LogP contribution in [0.1, 0.15) is 24.1 Å². The smallest absolute Gasteiger partial charge is 0.267 e. The normalized spacial score (nSPS) is 15.4. The van der Waals surface area contributed by atoms with E-state index in [9.17, 15) is 9.18 Å². The maximum Gasteiger partial charge on any atom is 0.267 e. The molecule has 1 fully saturated rings. The SMILES string of the molecule is Cl.Cl.Cl.Cl.O=C(C=Cc1cnc(N[C@@H]2CCCN(CCc3cccc(F)c3)C2)cn1)NO. The van der Waals surface area contributed by atoms with Gasteiger partial charge < -0.3 is 10.2 Å². The molecule has 2 heterocycles. The van der Waals surface area contributed by atoms with Crippen LogP contribution in [0.4, 0.5) is 10.2 Å². The first-order valence-corrected chi connectivity index (χ1v) is 9.30. The number of benzene rings is 1. The molecule has 32 heavy (non-hydrogen) atoms. The Morgan fingerprint density at radius 3 is 2.66 bits per heavy atom. The molecule has 1 amide bonds. The molecule has 3 rings (SSSR count). The minimum Gasteiger partial charge on any atom is -0.365 e. The number of hydrogen-bond acceptors (Lipinski definition) is 6. The number of hydroxylamine groups is 1. The molecule has 0 spiro atoms. The van der Waals surface area contributed by atoms with Gasteiger partial charge in [0.15, 0.2) is 0 Å². The lowest BCUT2D eigenvalue weighted by Gasteiger charge is -2.33. The Labute approximate surface area is 211 Å². The number of anilines is 1. The van der Waals surface area contributed by atoms with E-state index >= 15 is 0 Å². The third kappa shape index (κ3) is 10.8. The van der Waals surface area contributed by atoms with Crippen molar-refractivity contribution in [3.8, 4) is 0 Å². The monoisotopic (exact) mass is 529 g/mol. The highest BCUT2D eigenvalue weighted by atomic mass is 35.5. The van der Waals surface area contributed by atoms with Crippen LogP contribution in [-0.4, -0.2) is 51.7 Å². The number of carbonyl (C=O) groups excluding carboxylic acids is 1. The molecule has 12 heteroatoms. The first-order valence-electron chi connectivity index (χ1n) is 9.30. The Morgan fingerprint density at radius 1 is 1.22 bits per heavy atom. The molecule has 2 aromatic rings. The van der Waals surface area contributed by atoms with Crippen LogP contribution in [-0.2, 0) is 11.2 Å². The molecule has 1 aliphatic rings. The lowest BCUT2D eigenvalue weighted by Crippen LogP contribution is -2.43. The van der Waals surface area contributed by atoms with E-state index < -0.39 is 5.91 Å². The van der Waals surface area contributed by atoms with Gasteiger partial charge in [-0.15, -0.1) is 49.6 Å². The van der Waals surface area contributed by atoms with Gasteiger partial charge in [-0.2, -0.15) is 0 Å². The fraction of sp³-hybridized carbons (Fsp3) is 0.350. The Morgan fingerprint density at radius 2 is 2.00 bits per heavy atom. The van der Waals surface area contributed by atoms with Crippen LogP contribution in [0.15, 0.2) is 42.7 Å². The summed E-state index contributed by atoms with van der Waals surface area (Å²) in [5, 5.41) is 11.9. The highest BCUT2D eigenvalue weighted by Gasteiger charge is 2.20. The van der Waals surface area contributed by atoms with Crippen molar-refractivity contribution in [2.24, 2.45) is 0 Å². The molecule has 0 bridgehead atoms. The van der Waals surface area contributed by atoms with Crippen molar-refractivity contribution in [2.75, 3.05) is 25.0 Å². The summed E-state index contributed by atoms with van der Waals surface area (Å²) in [6, 6.07) is 7.04. The Hall–Kier alpha value is -1.68. The minimum atomic E-state index is -0.621. The summed E-state index contributed by atoms with van der Waals surface area (Å²) in [6.07, 6.45) is 8.80. The van der Waals surface area contributed by atoms with Crippen LogP contribution in [0, 0.1) is 5.82 Å². The van der Waals surface area contributed by atoms with Gasteiger partial charge in [0.25, 0.3) is 5.91 Å². The predicted octanol–water partition coefficient (Wildman–Crippen LogP) is 3.94. The van der Waals surface area contributed by atoms with E-state index in [1.54, 1.807) is 24.5 Å². The number of amides is 1. The van der Waals surface area contributed by atoms with Crippen molar-refractivity contribution in [2.45, 2.75) is 25.3 Å². The molecule has 180 valence electrons. The Kier molecular flexibility index (Phi) is 17.1. The van der Waals surface area contributed by atoms with Crippen molar-refractivity contribution in [3.05, 3.63) is 59.8 Å². The molecule has 7 nitrogen and oxygen atoms in total. The quantitative estimate of drug-likeness (QED) is 0.285. The number of nitrogens with one attached hydrogen (secondary N) is 2. The molecule has 1 aromatic carbocycles. The van der Waals surface area contributed by atoms with E-state index in [0.717, 1.165) is 44.5 Å². The lowest BCUT2D eigenvalue weighted by molar-refractivity contribution is -0.124. The average molecular weight is 531 g/mol. The van der Waals surface area contributed by atoms with Gasteiger partial charge in [0.05, 0.1) is 18.1 Å². The molecular weight excluding hydrogens is 503 g/mol. The third-order valence-corrected chi connectivity index (χ3v) is 4.65. The first-order chi connectivity index (χ1) is 13.6. The molecule has 3 N–H and O–H groups in total. The first kappa shape index (κ1) is 32.5. The Balaban J connectivity index is 0. The summed E-state index contributed by atoms with van der Waals surface area (Å²) < 4.78 is 13.3. The van der Waals surface area contributed by atoms with E-state index in [2.05, 4.69) is 20.2 Å². The number of rotatable bonds is 7. The molecule has 0 aliphatic carbocycles. The van der Waals surface area contributed by atoms with Crippen molar-refractivity contribution >= 4 is 67.4 Å². The second-order valence-corrected chi connectivity index (χ2v) is 6.80. The van der Waals surface area contributed by atoms with Crippen molar-refractivity contribution in [1.29, 1.82) is 0 Å². The van der Waals surface area contributed by atoms with Gasteiger partial charge in [-0.25, -0.2) is 14.9 Å². The van der Waals surface area contributed by atoms with Gasteiger partial charge in [0.1, 0.15) is 11.6 Å². The number of piperidine rings is 1. The largest absolute Gasteiger partial charge is 0.365 e. The van der Waals surface area contributed by atoms with Crippen molar-refractivity contribution in [3.63, 3.8) is 0 Å². The molecule has 1 aliphatic heterocycles. The van der Waals surface area contributed by atoms with Gasteiger partial charge >= 0.3 is 0 Å². The zero-order valence-corrected chi connectivity index (χ0v) is 20.4. The van der Waals surface area contributed by atoms with Crippen LogP contribution in [0.2, 0.25) is 0 Å². The fourth-order valence-electron chi connectivity index (χ4n) is 3.26. The van der Waals surface area contributed by atoms with Gasteiger partial charge in [-0.3, -0.25) is 15.0 Å². The molecule has 0 radical (unpaired) electrons. The van der Waals surface area contributed by atoms with Crippen LogP contribution >= 0.6 is 49.6 Å². The maximum absolute atomic E-state index is 13.3. The van der Waals surface area contributed by atoms with E-state index in [4.69, 9.17) is 5.21 Å². The van der Waals surface area contributed by atoms with Crippen molar-refractivity contribution < 1.29 is 14.4 Å². The number of aromatic nitrogens is 2. The topological polar surface area (TPSA) is 90.4 Å². The third-order valence-electron chi connectivity index (χ3n) is 4.65. The zero-order valence-electron chi connectivity index (χ0n) is 17.1. The minimum absolute atomic E-state index is 0. The summed E-state index contributed by atoms with van der Waals surface area (Å²) >= 11 is 0.